The number of rotatable bonds is 10. The van der Waals surface area contributed by atoms with Gasteiger partial charge in [0.25, 0.3) is 0 Å². The predicted molar refractivity (Wildman–Crippen MR) is 84.7 cm³/mol. The summed E-state index contributed by atoms with van der Waals surface area (Å²) in [5.41, 5.74) is 0. The SMILES string of the molecule is COCOCCCC1(CC/C=C/[N+](=O)[O-])SCCCS1. The van der Waals surface area contributed by atoms with Crippen molar-refractivity contribution in [2.24, 2.45) is 0 Å². The zero-order valence-electron chi connectivity index (χ0n) is 11.9. The number of thioether (sulfide) groups is 2. The largest absolute Gasteiger partial charge is 0.359 e. The number of hydrogen-bond donors (Lipinski definition) is 0. The van der Waals surface area contributed by atoms with Gasteiger partial charge in [0.15, 0.2) is 0 Å². The van der Waals surface area contributed by atoms with Crippen LogP contribution in [-0.4, -0.2) is 41.0 Å². The molecule has 1 saturated heterocycles. The summed E-state index contributed by atoms with van der Waals surface area (Å²) in [7, 11) is 1.62. The molecule has 1 aliphatic rings. The highest BCUT2D eigenvalue weighted by atomic mass is 32.2. The van der Waals surface area contributed by atoms with E-state index in [9.17, 15) is 10.1 Å². The second-order valence-corrected chi connectivity index (χ2v) is 7.80. The van der Waals surface area contributed by atoms with E-state index in [2.05, 4.69) is 0 Å². The van der Waals surface area contributed by atoms with E-state index >= 15 is 0 Å². The van der Waals surface area contributed by atoms with Gasteiger partial charge in [0, 0.05) is 13.7 Å². The van der Waals surface area contributed by atoms with E-state index in [0.29, 0.717) is 13.4 Å². The van der Waals surface area contributed by atoms with E-state index in [-0.39, 0.29) is 4.08 Å². The van der Waals surface area contributed by atoms with E-state index in [1.165, 1.54) is 17.9 Å². The molecule has 1 fully saturated rings. The molecule has 0 unspecified atom stereocenters. The molecule has 0 spiro atoms. The molecule has 116 valence electrons. The maximum atomic E-state index is 10.3. The monoisotopic (exact) mass is 321 g/mol. The molecule has 5 nitrogen and oxygen atoms in total. The maximum Gasteiger partial charge on any atom is 0.230 e. The van der Waals surface area contributed by atoms with Gasteiger partial charge in [0.1, 0.15) is 6.79 Å². The van der Waals surface area contributed by atoms with E-state index in [1.54, 1.807) is 13.2 Å². The number of methoxy groups -OCH3 is 1. The Labute approximate surface area is 129 Å². The fraction of sp³-hybridized carbons (Fsp3) is 0.846. The Morgan fingerprint density at radius 1 is 1.35 bits per heavy atom. The van der Waals surface area contributed by atoms with Crippen LogP contribution in [0.1, 0.15) is 32.1 Å². The summed E-state index contributed by atoms with van der Waals surface area (Å²) in [6.07, 6.45) is 7.80. The predicted octanol–water partition coefficient (Wildman–Crippen LogP) is 3.52. The lowest BCUT2D eigenvalue weighted by Gasteiger charge is -2.36. The summed E-state index contributed by atoms with van der Waals surface area (Å²) >= 11 is 4.01. The van der Waals surface area contributed by atoms with Gasteiger partial charge in [0.2, 0.25) is 6.20 Å². The van der Waals surface area contributed by atoms with Crippen LogP contribution < -0.4 is 0 Å². The lowest BCUT2D eigenvalue weighted by atomic mass is 10.1. The Kier molecular flexibility index (Phi) is 9.33. The first kappa shape index (κ1) is 17.8. The van der Waals surface area contributed by atoms with Crippen LogP contribution in [0.5, 0.6) is 0 Å². The molecule has 0 radical (unpaired) electrons. The quantitative estimate of drug-likeness (QED) is 0.265. The van der Waals surface area contributed by atoms with Crippen molar-refractivity contribution in [2.45, 2.75) is 36.2 Å². The van der Waals surface area contributed by atoms with Gasteiger partial charge in [-0.05, 0) is 49.7 Å². The van der Waals surface area contributed by atoms with Crippen LogP contribution >= 0.6 is 23.5 Å². The van der Waals surface area contributed by atoms with Crippen LogP contribution in [0.25, 0.3) is 0 Å². The van der Waals surface area contributed by atoms with Crippen molar-refractivity contribution in [1.29, 1.82) is 0 Å². The van der Waals surface area contributed by atoms with E-state index in [1.807, 2.05) is 23.5 Å². The summed E-state index contributed by atoms with van der Waals surface area (Å²) in [6.45, 7) is 1.06. The number of nitro groups is 1. The van der Waals surface area contributed by atoms with Gasteiger partial charge in [-0.25, -0.2) is 0 Å². The van der Waals surface area contributed by atoms with Gasteiger partial charge >= 0.3 is 0 Å². The van der Waals surface area contributed by atoms with Gasteiger partial charge in [-0.2, -0.15) is 0 Å². The highest BCUT2D eigenvalue weighted by Crippen LogP contribution is 2.48. The summed E-state index contributed by atoms with van der Waals surface area (Å²) in [6, 6.07) is 0. The zero-order valence-corrected chi connectivity index (χ0v) is 13.5. The van der Waals surface area contributed by atoms with Crippen LogP contribution in [0.15, 0.2) is 12.3 Å². The van der Waals surface area contributed by atoms with Gasteiger partial charge in [-0.3, -0.25) is 10.1 Å². The Morgan fingerprint density at radius 2 is 2.10 bits per heavy atom. The van der Waals surface area contributed by atoms with Crippen molar-refractivity contribution in [2.75, 3.05) is 32.0 Å². The van der Waals surface area contributed by atoms with Crippen LogP contribution in [0, 0.1) is 10.1 Å². The van der Waals surface area contributed by atoms with E-state index < -0.39 is 4.92 Å². The Bertz CT molecular complexity index is 307. The van der Waals surface area contributed by atoms with Crippen molar-refractivity contribution in [1.82, 2.24) is 0 Å². The fourth-order valence-corrected chi connectivity index (χ4v) is 5.52. The Balaban J connectivity index is 2.34. The first-order chi connectivity index (χ1) is 9.68. The third-order valence-corrected chi connectivity index (χ3v) is 6.55. The van der Waals surface area contributed by atoms with Crippen LogP contribution in [0.2, 0.25) is 0 Å². The number of allylic oxidation sites excluding steroid dienone is 1. The standard InChI is InChI=1S/C13H23NO4S2/c1-17-12-18-9-4-7-13(19-10-5-11-20-13)6-2-3-8-14(15)16/h3,8H,2,4-7,9-12H2,1H3/b8-3+. The number of ether oxygens (including phenoxy) is 2. The van der Waals surface area contributed by atoms with Crippen molar-refractivity contribution in [3.63, 3.8) is 0 Å². The number of hydrogen-bond acceptors (Lipinski definition) is 6. The second kappa shape index (κ2) is 10.5. The van der Waals surface area contributed by atoms with Crippen molar-refractivity contribution in [3.05, 3.63) is 22.4 Å². The van der Waals surface area contributed by atoms with Crippen molar-refractivity contribution >= 4 is 23.5 Å². The van der Waals surface area contributed by atoms with Gasteiger partial charge in [-0.15, -0.1) is 23.5 Å². The lowest BCUT2D eigenvalue weighted by Crippen LogP contribution is -2.25. The highest BCUT2D eigenvalue weighted by Gasteiger charge is 2.32. The normalized spacial score (nSPS) is 18.4. The molecule has 1 heterocycles. The first-order valence-corrected chi connectivity index (χ1v) is 8.80. The van der Waals surface area contributed by atoms with E-state index in [4.69, 9.17) is 9.47 Å². The van der Waals surface area contributed by atoms with Gasteiger partial charge in [-0.1, -0.05) is 0 Å². The zero-order chi connectivity index (χ0) is 14.7. The molecular weight excluding hydrogens is 298 g/mol. The van der Waals surface area contributed by atoms with Crippen molar-refractivity contribution in [3.8, 4) is 0 Å². The molecule has 0 bridgehead atoms. The third-order valence-electron chi connectivity index (χ3n) is 2.99. The molecule has 1 rings (SSSR count). The first-order valence-electron chi connectivity index (χ1n) is 6.83. The molecule has 0 amide bonds. The average Bonchev–Trinajstić information content (AvgIpc) is 2.44. The molecule has 0 aromatic carbocycles. The second-order valence-electron chi connectivity index (χ2n) is 4.59. The summed E-state index contributed by atoms with van der Waals surface area (Å²) in [5, 5.41) is 10.3. The van der Waals surface area contributed by atoms with E-state index in [0.717, 1.165) is 31.9 Å². The minimum atomic E-state index is -0.396. The maximum absolute atomic E-state index is 10.3. The molecule has 0 aromatic heterocycles. The van der Waals surface area contributed by atoms with Gasteiger partial charge < -0.3 is 9.47 Å². The summed E-state index contributed by atoms with van der Waals surface area (Å²) in [4.78, 5) is 9.89. The molecule has 0 atom stereocenters. The molecular formula is C13H23NO4S2. The molecule has 7 heteroatoms. The van der Waals surface area contributed by atoms with Crippen molar-refractivity contribution < 1.29 is 14.4 Å². The molecule has 0 saturated carbocycles. The minimum Gasteiger partial charge on any atom is -0.359 e. The molecule has 0 aromatic rings. The molecule has 0 aliphatic carbocycles. The molecule has 0 N–H and O–H groups in total. The highest BCUT2D eigenvalue weighted by molar-refractivity contribution is 8.18. The minimum absolute atomic E-state index is 0.204. The Morgan fingerprint density at radius 3 is 2.75 bits per heavy atom. The topological polar surface area (TPSA) is 61.6 Å². The van der Waals surface area contributed by atoms with Crippen LogP contribution in [0.4, 0.5) is 0 Å². The number of nitrogens with zero attached hydrogens (tertiary/aromatic N) is 1. The third kappa shape index (κ3) is 7.52. The molecule has 20 heavy (non-hydrogen) atoms. The lowest BCUT2D eigenvalue weighted by molar-refractivity contribution is -0.402. The van der Waals surface area contributed by atoms with Gasteiger partial charge in [0.05, 0.1) is 9.00 Å². The summed E-state index contributed by atoms with van der Waals surface area (Å²) < 4.78 is 10.4. The fourth-order valence-electron chi connectivity index (χ4n) is 2.08. The van der Waals surface area contributed by atoms with Crippen LogP contribution in [-0.2, 0) is 9.47 Å². The van der Waals surface area contributed by atoms with Crippen LogP contribution in [0.3, 0.4) is 0 Å². The molecule has 1 aliphatic heterocycles. The Hall–Kier alpha value is -0.240. The summed E-state index contributed by atoms with van der Waals surface area (Å²) in [5.74, 6) is 2.37. The average molecular weight is 321 g/mol. The smallest absolute Gasteiger partial charge is 0.230 e.